The lowest BCUT2D eigenvalue weighted by Crippen LogP contribution is -2.78. The highest BCUT2D eigenvalue weighted by Crippen LogP contribution is 2.70. The molecule has 1 aromatic heterocycles. The lowest BCUT2D eigenvalue weighted by Gasteiger charge is -2.62. The molecule has 7 heteroatoms. The predicted octanol–water partition coefficient (Wildman–Crippen LogP) is 3.11. The number of nitrogens with zero attached hydrogens (tertiary/aromatic N) is 2. The van der Waals surface area contributed by atoms with Crippen molar-refractivity contribution in [2.24, 2.45) is 11.3 Å². The Hall–Kier alpha value is -1.90. The summed E-state index contributed by atoms with van der Waals surface area (Å²) in [6, 6.07) is 3.52. The second kappa shape index (κ2) is 7.81. The van der Waals surface area contributed by atoms with E-state index < -0.39 is 41.2 Å². The van der Waals surface area contributed by atoms with Gasteiger partial charge in [-0.25, -0.2) is 4.39 Å². The average Bonchev–Trinajstić information content (AvgIpc) is 3.37. The Balaban J connectivity index is 1.39. The smallest absolute Gasteiger partial charge is 0.197 e. The molecule has 1 saturated carbocycles. The van der Waals surface area contributed by atoms with Gasteiger partial charge in [0.05, 0.1) is 11.7 Å². The van der Waals surface area contributed by atoms with Crippen LogP contribution in [0.3, 0.4) is 0 Å². The minimum Gasteiger partial charge on any atom is -0.389 e. The molecule has 194 valence electrons. The minimum absolute atomic E-state index is 0.0556. The van der Waals surface area contributed by atoms with Crippen LogP contribution >= 0.6 is 0 Å². The number of hydrogen-bond acceptors (Lipinski definition) is 6. The van der Waals surface area contributed by atoms with Gasteiger partial charge in [0.2, 0.25) is 0 Å². The van der Waals surface area contributed by atoms with Gasteiger partial charge in [-0.1, -0.05) is 37.3 Å². The molecule has 5 aliphatic rings. The standard InChI is InChI=1S/C29H37FN2O4/c1-17-18(6-5-15-31-17)7-8-19-9-10-22-26(19,2)12-11-20-24(34)29(30)25(35)23(33)21(32(3)4)16-27(29)13-14-28(20,22)36-27/h5-9,11,15,21-25,33-35H,10,12-14,16H2,1-4H3. The first-order chi connectivity index (χ1) is 17.0. The Kier molecular flexibility index (Phi) is 5.30. The molecule has 2 spiro atoms. The minimum atomic E-state index is -2.45. The predicted molar refractivity (Wildman–Crippen MR) is 135 cm³/mol. The SMILES string of the molecule is Cc1ncccc1C=CC1=CCC2C1(C)CC=C1C(O)C3(F)C(O)C(O)C(N(C)C)CC34CCC12O4. The van der Waals surface area contributed by atoms with Crippen LogP contribution in [0.4, 0.5) is 4.39 Å². The van der Waals surface area contributed by atoms with Crippen molar-refractivity contribution in [3.8, 4) is 0 Å². The number of aliphatic hydroxyl groups is 3. The molecule has 0 aromatic carbocycles. The van der Waals surface area contributed by atoms with E-state index in [1.54, 1.807) is 6.20 Å². The molecule has 2 aliphatic heterocycles. The van der Waals surface area contributed by atoms with Gasteiger partial charge in [0.1, 0.15) is 17.8 Å². The number of likely N-dealkylation sites (N-methyl/N-ethyl adjacent to an activating group) is 1. The molecule has 36 heavy (non-hydrogen) atoms. The van der Waals surface area contributed by atoms with Gasteiger partial charge in [-0.05, 0) is 75.9 Å². The summed E-state index contributed by atoms with van der Waals surface area (Å²) < 4.78 is 23.8. The van der Waals surface area contributed by atoms with Crippen molar-refractivity contribution in [1.82, 2.24) is 9.88 Å². The van der Waals surface area contributed by atoms with Crippen LogP contribution in [0.15, 0.2) is 47.7 Å². The normalized spacial score (nSPS) is 47.4. The zero-order valence-electron chi connectivity index (χ0n) is 21.5. The van der Waals surface area contributed by atoms with E-state index >= 15 is 4.39 Å². The number of rotatable bonds is 3. The first-order valence-electron chi connectivity index (χ1n) is 13.1. The fourth-order valence-electron chi connectivity index (χ4n) is 8.22. The first kappa shape index (κ1) is 24.4. The second-order valence-corrected chi connectivity index (χ2v) is 12.1. The molecular weight excluding hydrogens is 459 g/mol. The van der Waals surface area contributed by atoms with Gasteiger partial charge in [0.15, 0.2) is 5.67 Å². The van der Waals surface area contributed by atoms with Gasteiger partial charge in [-0.2, -0.15) is 0 Å². The van der Waals surface area contributed by atoms with Crippen LogP contribution in [-0.4, -0.2) is 80.5 Å². The van der Waals surface area contributed by atoms with Crippen molar-refractivity contribution in [3.05, 3.63) is 59.0 Å². The molecule has 3 N–H and O–H groups in total. The maximum Gasteiger partial charge on any atom is 0.197 e. The van der Waals surface area contributed by atoms with Crippen molar-refractivity contribution in [2.45, 2.75) is 87.2 Å². The molecule has 2 saturated heterocycles. The number of hydrogen-bond donors (Lipinski definition) is 3. The number of ether oxygens (including phenoxy) is 1. The Labute approximate surface area is 212 Å². The molecule has 6 nitrogen and oxygen atoms in total. The molecule has 6 rings (SSSR count). The fourth-order valence-corrected chi connectivity index (χ4v) is 8.22. The summed E-state index contributed by atoms with van der Waals surface area (Å²) in [7, 11) is 3.64. The van der Waals surface area contributed by atoms with Crippen molar-refractivity contribution in [3.63, 3.8) is 0 Å². The molecule has 9 atom stereocenters. The van der Waals surface area contributed by atoms with Crippen molar-refractivity contribution < 1.29 is 24.4 Å². The van der Waals surface area contributed by atoms with Gasteiger partial charge in [0.25, 0.3) is 0 Å². The maximum absolute atomic E-state index is 16.9. The third kappa shape index (κ3) is 2.86. The van der Waals surface area contributed by atoms with Crippen molar-refractivity contribution in [2.75, 3.05) is 14.1 Å². The molecule has 3 heterocycles. The molecular formula is C29H37FN2O4. The number of fused-ring (bicyclic) bond motifs is 1. The lowest BCUT2D eigenvalue weighted by molar-refractivity contribution is -0.309. The number of halogens is 1. The van der Waals surface area contributed by atoms with Gasteiger partial charge < -0.3 is 25.0 Å². The van der Waals surface area contributed by atoms with Crippen molar-refractivity contribution in [1.29, 1.82) is 0 Å². The summed E-state index contributed by atoms with van der Waals surface area (Å²) in [5.74, 6) is 0.0556. The van der Waals surface area contributed by atoms with Crippen LogP contribution in [0.25, 0.3) is 6.08 Å². The van der Waals surface area contributed by atoms with E-state index in [4.69, 9.17) is 4.74 Å². The lowest BCUT2D eigenvalue weighted by atomic mass is 9.56. The number of pyridine rings is 1. The molecule has 0 amide bonds. The van der Waals surface area contributed by atoms with E-state index in [-0.39, 0.29) is 17.8 Å². The number of aryl methyl sites for hydroxylation is 1. The highest BCUT2D eigenvalue weighted by molar-refractivity contribution is 5.57. The Morgan fingerprint density at radius 1 is 1.17 bits per heavy atom. The Morgan fingerprint density at radius 2 is 1.94 bits per heavy atom. The van der Waals surface area contributed by atoms with Crippen LogP contribution in [0.2, 0.25) is 0 Å². The highest BCUT2D eigenvalue weighted by Gasteiger charge is 2.79. The van der Waals surface area contributed by atoms with Crippen LogP contribution in [0.5, 0.6) is 0 Å². The van der Waals surface area contributed by atoms with Crippen LogP contribution < -0.4 is 0 Å². The van der Waals surface area contributed by atoms with Gasteiger partial charge >= 0.3 is 0 Å². The van der Waals surface area contributed by atoms with Crippen molar-refractivity contribution >= 4 is 6.08 Å². The van der Waals surface area contributed by atoms with E-state index in [9.17, 15) is 15.3 Å². The molecule has 2 bridgehead atoms. The van der Waals surface area contributed by atoms with E-state index in [0.29, 0.717) is 24.8 Å². The largest absolute Gasteiger partial charge is 0.389 e. The third-order valence-electron chi connectivity index (χ3n) is 10.3. The molecule has 9 unspecified atom stereocenters. The first-order valence-corrected chi connectivity index (χ1v) is 13.1. The zero-order valence-corrected chi connectivity index (χ0v) is 21.5. The van der Waals surface area contributed by atoms with Gasteiger partial charge in [-0.15, -0.1) is 0 Å². The highest BCUT2D eigenvalue weighted by atomic mass is 19.1. The number of aromatic nitrogens is 1. The summed E-state index contributed by atoms with van der Waals surface area (Å²) in [6.45, 7) is 4.25. The summed E-state index contributed by atoms with van der Waals surface area (Å²) in [5, 5.41) is 33.4. The third-order valence-corrected chi connectivity index (χ3v) is 10.3. The van der Waals surface area contributed by atoms with E-state index in [1.807, 2.05) is 38.1 Å². The van der Waals surface area contributed by atoms with Crippen LogP contribution in [-0.2, 0) is 4.74 Å². The number of aliphatic hydroxyl groups excluding tert-OH is 3. The molecule has 0 radical (unpaired) electrons. The second-order valence-electron chi connectivity index (χ2n) is 12.1. The van der Waals surface area contributed by atoms with Gasteiger partial charge in [-0.3, -0.25) is 4.98 Å². The summed E-state index contributed by atoms with van der Waals surface area (Å²) >= 11 is 0. The summed E-state index contributed by atoms with van der Waals surface area (Å²) in [6.07, 6.45) is 8.40. The Bertz CT molecular complexity index is 1180. The van der Waals surface area contributed by atoms with E-state index in [2.05, 4.69) is 36.2 Å². The maximum atomic E-state index is 16.9. The van der Waals surface area contributed by atoms with Crippen LogP contribution in [0.1, 0.15) is 50.3 Å². The topological polar surface area (TPSA) is 86.1 Å². The number of allylic oxidation sites excluding steroid dienone is 4. The molecule has 3 fully saturated rings. The monoisotopic (exact) mass is 496 g/mol. The van der Waals surface area contributed by atoms with Crippen LogP contribution in [0, 0.1) is 18.3 Å². The van der Waals surface area contributed by atoms with E-state index in [1.165, 1.54) is 5.57 Å². The fraction of sp³-hybridized carbons (Fsp3) is 0.621. The van der Waals surface area contributed by atoms with E-state index in [0.717, 1.165) is 17.7 Å². The summed E-state index contributed by atoms with van der Waals surface area (Å²) in [4.78, 5) is 6.20. The molecule has 1 aromatic rings. The zero-order chi connectivity index (χ0) is 25.7. The summed E-state index contributed by atoms with van der Waals surface area (Å²) in [5.41, 5.74) is -0.970. The number of alkyl halides is 1. The Morgan fingerprint density at radius 3 is 2.67 bits per heavy atom. The van der Waals surface area contributed by atoms with Gasteiger partial charge in [0, 0.05) is 29.3 Å². The molecule has 3 aliphatic carbocycles. The average molecular weight is 497 g/mol. The quantitative estimate of drug-likeness (QED) is 0.558.